The molecule has 0 saturated carbocycles. The standard InChI is InChI=1S/C17H10N2O3/c18-9-11-5-7-12(8-6-11)19-10-15-13-3-1-2-4-14(13)16(20)22-17(15)21/h1-8,10,21H. The van der Waals surface area contributed by atoms with Gasteiger partial charge in [-0.2, -0.15) is 5.26 Å². The van der Waals surface area contributed by atoms with Crippen LogP contribution in [0.25, 0.3) is 10.8 Å². The van der Waals surface area contributed by atoms with Crippen molar-refractivity contribution >= 4 is 22.7 Å². The van der Waals surface area contributed by atoms with Crippen LogP contribution in [0.2, 0.25) is 0 Å². The maximum absolute atomic E-state index is 11.7. The summed E-state index contributed by atoms with van der Waals surface area (Å²) in [5.41, 5.74) is 0.898. The Morgan fingerprint density at radius 2 is 1.77 bits per heavy atom. The van der Waals surface area contributed by atoms with Crippen molar-refractivity contribution in [2.45, 2.75) is 0 Å². The molecule has 2 aromatic carbocycles. The first-order valence-electron chi connectivity index (χ1n) is 6.48. The SMILES string of the molecule is N#Cc1ccc(N=Cc2c(O)oc(=O)c3ccccc23)cc1. The van der Waals surface area contributed by atoms with Crippen LogP contribution in [0.4, 0.5) is 5.69 Å². The average Bonchev–Trinajstić information content (AvgIpc) is 2.55. The third-order valence-electron chi connectivity index (χ3n) is 3.20. The Morgan fingerprint density at radius 3 is 2.45 bits per heavy atom. The lowest BCUT2D eigenvalue weighted by molar-refractivity contribution is 0.312. The van der Waals surface area contributed by atoms with Gasteiger partial charge in [-0.1, -0.05) is 18.2 Å². The lowest BCUT2D eigenvalue weighted by atomic mass is 10.1. The topological polar surface area (TPSA) is 86.6 Å². The normalized spacial score (nSPS) is 10.9. The van der Waals surface area contributed by atoms with E-state index < -0.39 is 11.6 Å². The van der Waals surface area contributed by atoms with Crippen LogP contribution in [0.5, 0.6) is 5.95 Å². The van der Waals surface area contributed by atoms with Crippen molar-refractivity contribution < 1.29 is 9.52 Å². The summed E-state index contributed by atoms with van der Waals surface area (Å²) in [5.74, 6) is -0.471. The average molecular weight is 290 g/mol. The molecule has 3 aromatic rings. The number of nitrogens with zero attached hydrogens (tertiary/aromatic N) is 2. The fraction of sp³-hybridized carbons (Fsp3) is 0. The zero-order valence-electron chi connectivity index (χ0n) is 11.4. The number of rotatable bonds is 2. The minimum absolute atomic E-state index is 0.333. The third kappa shape index (κ3) is 2.45. The van der Waals surface area contributed by atoms with Crippen LogP contribution in [0.15, 0.2) is 62.7 Å². The number of nitriles is 1. The van der Waals surface area contributed by atoms with Gasteiger partial charge in [0.05, 0.1) is 28.3 Å². The Morgan fingerprint density at radius 1 is 1.09 bits per heavy atom. The van der Waals surface area contributed by atoms with Gasteiger partial charge in [-0.05, 0) is 30.3 Å². The molecular weight excluding hydrogens is 280 g/mol. The van der Waals surface area contributed by atoms with Gasteiger partial charge in [0, 0.05) is 11.6 Å². The number of fused-ring (bicyclic) bond motifs is 1. The third-order valence-corrected chi connectivity index (χ3v) is 3.20. The quantitative estimate of drug-likeness (QED) is 0.734. The van der Waals surface area contributed by atoms with Crippen LogP contribution < -0.4 is 5.63 Å². The molecule has 0 saturated heterocycles. The minimum Gasteiger partial charge on any atom is -0.480 e. The molecule has 0 radical (unpaired) electrons. The molecule has 0 fully saturated rings. The number of benzene rings is 2. The van der Waals surface area contributed by atoms with E-state index in [4.69, 9.17) is 9.68 Å². The van der Waals surface area contributed by atoms with Crippen LogP contribution in [0, 0.1) is 11.3 Å². The highest BCUT2D eigenvalue weighted by atomic mass is 16.5. The Labute approximate surface area is 125 Å². The van der Waals surface area contributed by atoms with Gasteiger partial charge < -0.3 is 9.52 Å². The summed E-state index contributed by atoms with van der Waals surface area (Å²) in [6.45, 7) is 0. The van der Waals surface area contributed by atoms with Crippen molar-refractivity contribution in [1.82, 2.24) is 0 Å². The van der Waals surface area contributed by atoms with Crippen LogP contribution in [-0.4, -0.2) is 11.3 Å². The smallest absolute Gasteiger partial charge is 0.346 e. The van der Waals surface area contributed by atoms with Crippen LogP contribution >= 0.6 is 0 Å². The molecule has 106 valence electrons. The van der Waals surface area contributed by atoms with E-state index in [0.29, 0.717) is 27.6 Å². The summed E-state index contributed by atoms with van der Waals surface area (Å²) >= 11 is 0. The molecule has 0 aliphatic carbocycles. The van der Waals surface area contributed by atoms with Gasteiger partial charge in [-0.25, -0.2) is 4.79 Å². The molecule has 0 bridgehead atoms. The molecule has 5 nitrogen and oxygen atoms in total. The van der Waals surface area contributed by atoms with E-state index in [1.165, 1.54) is 6.21 Å². The highest BCUT2D eigenvalue weighted by Gasteiger charge is 2.10. The largest absolute Gasteiger partial charge is 0.480 e. The van der Waals surface area contributed by atoms with Crippen molar-refractivity contribution in [2.24, 2.45) is 4.99 Å². The number of aromatic hydroxyl groups is 1. The van der Waals surface area contributed by atoms with E-state index in [1.807, 2.05) is 6.07 Å². The van der Waals surface area contributed by atoms with Gasteiger partial charge in [0.1, 0.15) is 0 Å². The fourth-order valence-electron chi connectivity index (χ4n) is 2.09. The van der Waals surface area contributed by atoms with Gasteiger partial charge in [0.2, 0.25) is 0 Å². The van der Waals surface area contributed by atoms with Crippen molar-refractivity contribution in [2.75, 3.05) is 0 Å². The van der Waals surface area contributed by atoms with E-state index in [1.54, 1.807) is 48.5 Å². The molecule has 0 aliphatic rings. The van der Waals surface area contributed by atoms with Crippen molar-refractivity contribution in [1.29, 1.82) is 5.26 Å². The second-order valence-electron chi connectivity index (χ2n) is 4.57. The summed E-state index contributed by atoms with van der Waals surface area (Å²) in [6.07, 6.45) is 1.43. The van der Waals surface area contributed by atoms with E-state index in [0.717, 1.165) is 0 Å². The molecule has 22 heavy (non-hydrogen) atoms. The molecule has 0 spiro atoms. The molecule has 0 aliphatic heterocycles. The lowest BCUT2D eigenvalue weighted by Crippen LogP contribution is -2.01. The molecule has 0 atom stereocenters. The second-order valence-corrected chi connectivity index (χ2v) is 4.57. The Bertz CT molecular complexity index is 964. The van der Waals surface area contributed by atoms with Gasteiger partial charge in [-0.15, -0.1) is 0 Å². The molecule has 1 N–H and O–H groups in total. The lowest BCUT2D eigenvalue weighted by Gasteiger charge is -2.02. The second kappa shape index (κ2) is 5.54. The maximum Gasteiger partial charge on any atom is 0.346 e. The number of aliphatic imine (C=N–C) groups is 1. The van der Waals surface area contributed by atoms with E-state index in [9.17, 15) is 9.90 Å². The first-order chi connectivity index (χ1) is 10.7. The highest BCUT2D eigenvalue weighted by Crippen LogP contribution is 2.23. The molecule has 0 unspecified atom stereocenters. The molecule has 1 aromatic heterocycles. The Balaban J connectivity index is 2.08. The first kappa shape index (κ1) is 13.6. The molecule has 1 heterocycles. The maximum atomic E-state index is 11.7. The molecule has 3 rings (SSSR count). The monoisotopic (exact) mass is 290 g/mol. The first-order valence-corrected chi connectivity index (χ1v) is 6.48. The molecule has 0 amide bonds. The predicted octanol–water partition coefficient (Wildman–Crippen LogP) is 3.12. The van der Waals surface area contributed by atoms with Crippen LogP contribution in [-0.2, 0) is 0 Å². The summed E-state index contributed by atoms with van der Waals surface area (Å²) in [5, 5.41) is 19.5. The number of hydrogen-bond donors (Lipinski definition) is 1. The van der Waals surface area contributed by atoms with E-state index >= 15 is 0 Å². The summed E-state index contributed by atoms with van der Waals surface area (Å²) < 4.78 is 4.81. The Hall–Kier alpha value is -3.39. The minimum atomic E-state index is -0.594. The molecular formula is C17H10N2O3. The fourth-order valence-corrected chi connectivity index (χ4v) is 2.09. The zero-order valence-corrected chi connectivity index (χ0v) is 11.4. The highest BCUT2D eigenvalue weighted by molar-refractivity contribution is 6.01. The Kier molecular flexibility index (Phi) is 3.42. The van der Waals surface area contributed by atoms with Gasteiger partial charge in [0.25, 0.3) is 5.95 Å². The van der Waals surface area contributed by atoms with E-state index in [-0.39, 0.29) is 0 Å². The summed E-state index contributed by atoms with van der Waals surface area (Å²) in [7, 11) is 0. The number of hydrogen-bond acceptors (Lipinski definition) is 5. The van der Waals surface area contributed by atoms with E-state index in [2.05, 4.69) is 4.99 Å². The summed E-state index contributed by atoms with van der Waals surface area (Å²) in [6, 6.07) is 15.5. The predicted molar refractivity (Wildman–Crippen MR) is 82.6 cm³/mol. The zero-order chi connectivity index (χ0) is 15.5. The van der Waals surface area contributed by atoms with Crippen LogP contribution in [0.1, 0.15) is 11.1 Å². The van der Waals surface area contributed by atoms with Gasteiger partial charge >= 0.3 is 5.63 Å². The van der Waals surface area contributed by atoms with Crippen molar-refractivity contribution in [3.63, 3.8) is 0 Å². The van der Waals surface area contributed by atoms with Crippen molar-refractivity contribution in [3.8, 4) is 12.0 Å². The van der Waals surface area contributed by atoms with Gasteiger partial charge in [0.15, 0.2) is 0 Å². The van der Waals surface area contributed by atoms with Crippen molar-refractivity contribution in [3.05, 3.63) is 70.1 Å². The van der Waals surface area contributed by atoms with Crippen LogP contribution in [0.3, 0.4) is 0 Å². The van der Waals surface area contributed by atoms with Gasteiger partial charge in [-0.3, -0.25) is 4.99 Å². The molecule has 5 heteroatoms. The summed E-state index contributed by atoms with van der Waals surface area (Å²) in [4.78, 5) is 15.9.